The first-order valence-corrected chi connectivity index (χ1v) is 8.54. The number of hydrogen-bond donors (Lipinski definition) is 2. The number of piperidine rings is 1. The maximum absolute atomic E-state index is 10.3. The van der Waals surface area contributed by atoms with Gasteiger partial charge in [0.25, 0.3) is 0 Å². The van der Waals surface area contributed by atoms with Gasteiger partial charge in [0.15, 0.2) is 0 Å². The molecule has 1 aromatic rings. The van der Waals surface area contributed by atoms with Crippen LogP contribution in [0.15, 0.2) is 24.3 Å². The zero-order valence-electron chi connectivity index (χ0n) is 12.7. The van der Waals surface area contributed by atoms with Crippen LogP contribution in [0.2, 0.25) is 0 Å². The Morgan fingerprint density at radius 1 is 1.10 bits per heavy atom. The Morgan fingerprint density at radius 2 is 1.86 bits per heavy atom. The van der Waals surface area contributed by atoms with Crippen LogP contribution in [-0.2, 0) is 6.42 Å². The molecule has 1 heterocycles. The number of aliphatic hydroxyl groups is 1. The van der Waals surface area contributed by atoms with Gasteiger partial charge < -0.3 is 15.3 Å². The van der Waals surface area contributed by atoms with E-state index < -0.39 is 0 Å². The van der Waals surface area contributed by atoms with Gasteiger partial charge in [-0.2, -0.15) is 0 Å². The van der Waals surface area contributed by atoms with Crippen LogP contribution >= 0.6 is 0 Å². The summed E-state index contributed by atoms with van der Waals surface area (Å²) in [6.45, 7) is 3.76. The summed E-state index contributed by atoms with van der Waals surface area (Å²) in [5.74, 6) is 0.998. The second-order valence-corrected chi connectivity index (χ2v) is 7.13. The molecule has 2 aliphatic carbocycles. The third-order valence-electron chi connectivity index (χ3n) is 5.42. The van der Waals surface area contributed by atoms with Crippen molar-refractivity contribution >= 4 is 0 Å². The molecule has 114 valence electrons. The number of nitrogens with zero attached hydrogens (tertiary/aromatic N) is 1. The van der Waals surface area contributed by atoms with Gasteiger partial charge >= 0.3 is 0 Å². The zero-order chi connectivity index (χ0) is 14.2. The molecule has 1 saturated carbocycles. The van der Waals surface area contributed by atoms with Crippen molar-refractivity contribution in [2.45, 2.75) is 50.3 Å². The highest BCUT2D eigenvalue weighted by atomic mass is 16.3. The molecule has 0 bridgehead atoms. The molecular weight excluding hydrogens is 260 g/mol. The Labute approximate surface area is 127 Å². The summed E-state index contributed by atoms with van der Waals surface area (Å²) in [6, 6.07) is 9.19. The number of aliphatic hydroxyl groups excluding tert-OH is 1. The lowest BCUT2D eigenvalue weighted by atomic mass is 10.0. The lowest BCUT2D eigenvalue weighted by Crippen LogP contribution is -2.45. The summed E-state index contributed by atoms with van der Waals surface area (Å²) < 4.78 is 0. The van der Waals surface area contributed by atoms with Crippen molar-refractivity contribution < 1.29 is 5.11 Å². The standard InChI is InChI=1S/C18H26N2O/c21-17-11-14-3-1-2-4-16(14)18(17)19-15-7-9-20(10-8-15)12-13-5-6-13/h1-4,13,15,17-19,21H,5-12H2/t17-,18+/m1/s1. The quantitative estimate of drug-likeness (QED) is 0.890. The number of fused-ring (bicyclic) bond motifs is 1. The summed E-state index contributed by atoms with van der Waals surface area (Å²) in [7, 11) is 0. The predicted molar refractivity (Wildman–Crippen MR) is 84.2 cm³/mol. The summed E-state index contributed by atoms with van der Waals surface area (Å²) in [5, 5.41) is 14.1. The maximum Gasteiger partial charge on any atom is 0.0775 e. The summed E-state index contributed by atoms with van der Waals surface area (Å²) in [4.78, 5) is 2.63. The van der Waals surface area contributed by atoms with E-state index in [0.717, 1.165) is 12.3 Å². The topological polar surface area (TPSA) is 35.5 Å². The van der Waals surface area contributed by atoms with Crippen LogP contribution in [0.1, 0.15) is 42.9 Å². The Kier molecular flexibility index (Phi) is 3.74. The number of likely N-dealkylation sites (tertiary alicyclic amines) is 1. The first kappa shape index (κ1) is 13.7. The molecule has 1 aliphatic heterocycles. The zero-order valence-corrected chi connectivity index (χ0v) is 12.7. The van der Waals surface area contributed by atoms with Crippen molar-refractivity contribution in [3.05, 3.63) is 35.4 Å². The SMILES string of the molecule is O[C@@H]1Cc2ccccc2[C@@H]1NC1CCN(CC2CC2)CC1. The van der Waals surface area contributed by atoms with Crippen LogP contribution in [0.4, 0.5) is 0 Å². The maximum atomic E-state index is 10.3. The van der Waals surface area contributed by atoms with E-state index in [1.807, 2.05) is 0 Å². The average molecular weight is 286 g/mol. The van der Waals surface area contributed by atoms with Gasteiger partial charge in [0, 0.05) is 19.0 Å². The molecule has 3 aliphatic rings. The molecule has 0 aromatic heterocycles. The third-order valence-corrected chi connectivity index (χ3v) is 5.42. The van der Waals surface area contributed by atoms with Crippen molar-refractivity contribution in [2.75, 3.05) is 19.6 Å². The molecule has 21 heavy (non-hydrogen) atoms. The highest BCUT2D eigenvalue weighted by Crippen LogP contribution is 2.33. The summed E-state index contributed by atoms with van der Waals surface area (Å²) in [5.41, 5.74) is 2.62. The van der Waals surface area contributed by atoms with Gasteiger partial charge in [-0.15, -0.1) is 0 Å². The fourth-order valence-electron chi connectivity index (χ4n) is 3.98. The number of rotatable bonds is 4. The molecule has 2 fully saturated rings. The lowest BCUT2D eigenvalue weighted by molar-refractivity contribution is 0.118. The fourth-order valence-corrected chi connectivity index (χ4v) is 3.98. The van der Waals surface area contributed by atoms with E-state index in [9.17, 15) is 5.11 Å². The van der Waals surface area contributed by atoms with E-state index in [2.05, 4.69) is 34.5 Å². The Balaban J connectivity index is 1.34. The van der Waals surface area contributed by atoms with Crippen molar-refractivity contribution in [1.82, 2.24) is 10.2 Å². The van der Waals surface area contributed by atoms with Crippen LogP contribution in [-0.4, -0.2) is 41.8 Å². The van der Waals surface area contributed by atoms with Crippen LogP contribution in [0.3, 0.4) is 0 Å². The summed E-state index contributed by atoms with van der Waals surface area (Å²) >= 11 is 0. The predicted octanol–water partition coefficient (Wildman–Crippen LogP) is 2.11. The molecule has 1 saturated heterocycles. The van der Waals surface area contributed by atoms with Crippen molar-refractivity contribution in [3.63, 3.8) is 0 Å². The minimum absolute atomic E-state index is 0.140. The van der Waals surface area contributed by atoms with E-state index in [1.54, 1.807) is 0 Å². The normalized spacial score (nSPS) is 30.5. The van der Waals surface area contributed by atoms with E-state index in [1.165, 1.54) is 56.4 Å². The first-order chi connectivity index (χ1) is 10.3. The molecule has 0 unspecified atom stereocenters. The highest BCUT2D eigenvalue weighted by Gasteiger charge is 2.33. The van der Waals surface area contributed by atoms with Crippen molar-refractivity contribution in [2.24, 2.45) is 5.92 Å². The fraction of sp³-hybridized carbons (Fsp3) is 0.667. The molecule has 0 radical (unpaired) electrons. The largest absolute Gasteiger partial charge is 0.391 e. The van der Waals surface area contributed by atoms with Crippen LogP contribution in [0.25, 0.3) is 0 Å². The molecule has 1 aromatic carbocycles. The average Bonchev–Trinajstić information content (AvgIpc) is 3.26. The van der Waals surface area contributed by atoms with E-state index in [0.29, 0.717) is 6.04 Å². The molecule has 3 heteroatoms. The van der Waals surface area contributed by atoms with Gasteiger partial charge in [0.2, 0.25) is 0 Å². The van der Waals surface area contributed by atoms with E-state index >= 15 is 0 Å². The summed E-state index contributed by atoms with van der Waals surface area (Å²) in [6.07, 6.45) is 5.88. The third kappa shape index (κ3) is 3.01. The molecule has 0 spiro atoms. The second-order valence-electron chi connectivity index (χ2n) is 7.13. The van der Waals surface area contributed by atoms with Crippen molar-refractivity contribution in [1.29, 1.82) is 0 Å². The molecular formula is C18H26N2O. The van der Waals surface area contributed by atoms with Crippen LogP contribution in [0, 0.1) is 5.92 Å². The van der Waals surface area contributed by atoms with Crippen LogP contribution < -0.4 is 5.32 Å². The van der Waals surface area contributed by atoms with Crippen LogP contribution in [0.5, 0.6) is 0 Å². The Morgan fingerprint density at radius 3 is 2.62 bits per heavy atom. The van der Waals surface area contributed by atoms with Crippen molar-refractivity contribution in [3.8, 4) is 0 Å². The monoisotopic (exact) mass is 286 g/mol. The molecule has 2 N–H and O–H groups in total. The molecule has 0 amide bonds. The van der Waals surface area contributed by atoms with Gasteiger partial charge in [-0.1, -0.05) is 24.3 Å². The number of benzene rings is 1. The van der Waals surface area contributed by atoms with Gasteiger partial charge in [-0.05, 0) is 55.8 Å². The number of nitrogens with one attached hydrogen (secondary N) is 1. The minimum Gasteiger partial charge on any atom is -0.391 e. The van der Waals surface area contributed by atoms with Gasteiger partial charge in [-0.25, -0.2) is 0 Å². The lowest BCUT2D eigenvalue weighted by Gasteiger charge is -2.34. The van der Waals surface area contributed by atoms with Gasteiger partial charge in [0.05, 0.1) is 12.1 Å². The Bertz CT molecular complexity index is 492. The van der Waals surface area contributed by atoms with Gasteiger partial charge in [0.1, 0.15) is 0 Å². The number of hydrogen-bond acceptors (Lipinski definition) is 3. The van der Waals surface area contributed by atoms with Gasteiger partial charge in [-0.3, -0.25) is 0 Å². The molecule has 4 rings (SSSR count). The molecule has 3 nitrogen and oxygen atoms in total. The highest BCUT2D eigenvalue weighted by molar-refractivity contribution is 5.36. The first-order valence-electron chi connectivity index (χ1n) is 8.54. The molecule has 2 atom stereocenters. The Hall–Kier alpha value is -0.900. The second kappa shape index (κ2) is 5.71. The smallest absolute Gasteiger partial charge is 0.0775 e. The van der Waals surface area contributed by atoms with E-state index in [-0.39, 0.29) is 12.1 Å². The van der Waals surface area contributed by atoms with E-state index in [4.69, 9.17) is 0 Å². The minimum atomic E-state index is -0.258.